The van der Waals surface area contributed by atoms with Crippen molar-refractivity contribution in [3.8, 4) is 34.0 Å². The van der Waals surface area contributed by atoms with Gasteiger partial charge in [-0.1, -0.05) is 80.5 Å². The molecule has 3 aromatic carbocycles. The Morgan fingerprint density at radius 3 is 2.23 bits per heavy atom. The summed E-state index contributed by atoms with van der Waals surface area (Å²) in [4.78, 5) is 16.0. The number of carboxylic acid groups (broad SMARTS) is 1. The number of hydrogen-bond donors (Lipinski definition) is 2. The van der Waals surface area contributed by atoms with Crippen LogP contribution in [-0.4, -0.2) is 42.2 Å². The maximum atomic E-state index is 14.1. The molecular formula is C33H38F3N3O4Si. The van der Waals surface area contributed by atoms with Gasteiger partial charge in [-0.2, -0.15) is 18.2 Å². The van der Waals surface area contributed by atoms with Crippen LogP contribution >= 0.6 is 0 Å². The number of aryl methyl sites for hydroxylation is 1. The fourth-order valence-electron chi connectivity index (χ4n) is 4.47. The third-order valence-electron chi connectivity index (χ3n) is 8.24. The lowest BCUT2D eigenvalue weighted by Gasteiger charge is -2.37. The predicted molar refractivity (Wildman–Crippen MR) is 166 cm³/mol. The number of carbonyl (C=O) groups is 1. The highest BCUT2D eigenvalue weighted by Crippen LogP contribution is 2.41. The second-order valence-electron chi connectivity index (χ2n) is 12.5. The van der Waals surface area contributed by atoms with Crippen LogP contribution in [0.3, 0.4) is 0 Å². The molecule has 0 bridgehead atoms. The van der Waals surface area contributed by atoms with Gasteiger partial charge in [-0.05, 0) is 66.4 Å². The molecule has 0 amide bonds. The average Bonchev–Trinajstić information content (AvgIpc) is 3.44. The molecule has 4 rings (SSSR count). The van der Waals surface area contributed by atoms with Gasteiger partial charge in [0.2, 0.25) is 5.82 Å². The minimum atomic E-state index is -4.59. The van der Waals surface area contributed by atoms with Crippen molar-refractivity contribution in [2.45, 2.75) is 71.0 Å². The summed E-state index contributed by atoms with van der Waals surface area (Å²) in [5.74, 6) is -0.800. The van der Waals surface area contributed by atoms with Crippen molar-refractivity contribution >= 4 is 14.3 Å². The summed E-state index contributed by atoms with van der Waals surface area (Å²) in [5, 5.41) is 16.6. The first-order chi connectivity index (χ1) is 20.5. The van der Waals surface area contributed by atoms with Gasteiger partial charge in [-0.15, -0.1) is 0 Å². The van der Waals surface area contributed by atoms with Crippen LogP contribution in [0, 0.1) is 6.92 Å². The molecule has 0 saturated heterocycles. The summed E-state index contributed by atoms with van der Waals surface area (Å²) in [6.45, 7) is 14.3. The maximum absolute atomic E-state index is 14.1. The molecule has 0 fully saturated rings. The van der Waals surface area contributed by atoms with Crippen LogP contribution < -0.4 is 5.32 Å². The molecule has 4 aromatic rings. The molecule has 2 N–H and O–H groups in total. The highest BCUT2D eigenvalue weighted by Gasteiger charge is 2.38. The van der Waals surface area contributed by atoms with E-state index in [2.05, 4.69) is 49.3 Å². The summed E-state index contributed by atoms with van der Waals surface area (Å²) < 4.78 is 54.2. The minimum absolute atomic E-state index is 0.0160. The first-order valence-corrected chi connectivity index (χ1v) is 17.2. The fourth-order valence-corrected chi connectivity index (χ4v) is 5.48. The van der Waals surface area contributed by atoms with E-state index in [0.717, 1.165) is 17.2 Å². The molecule has 0 spiro atoms. The average molecular weight is 626 g/mol. The van der Waals surface area contributed by atoms with Crippen molar-refractivity contribution in [2.75, 3.05) is 6.61 Å². The highest BCUT2D eigenvalue weighted by molar-refractivity contribution is 6.74. The number of halogens is 3. The topological polar surface area (TPSA) is 97.5 Å². The molecule has 2 atom stereocenters. The van der Waals surface area contributed by atoms with Gasteiger partial charge in [0.15, 0.2) is 8.32 Å². The predicted octanol–water partition coefficient (Wildman–Crippen LogP) is 8.52. The van der Waals surface area contributed by atoms with Crippen molar-refractivity contribution < 1.29 is 32.0 Å². The van der Waals surface area contributed by atoms with Gasteiger partial charge in [-0.3, -0.25) is 10.1 Å². The molecule has 11 heteroatoms. The smallest absolute Gasteiger partial charge is 0.417 e. The number of benzene rings is 3. The molecule has 0 aliphatic carbocycles. The largest absolute Gasteiger partial charge is 0.480 e. The van der Waals surface area contributed by atoms with E-state index < -0.39 is 38.1 Å². The molecule has 0 radical (unpaired) electrons. The van der Waals surface area contributed by atoms with E-state index in [-0.39, 0.29) is 27.9 Å². The van der Waals surface area contributed by atoms with Crippen molar-refractivity contribution in [3.05, 3.63) is 83.4 Å². The summed E-state index contributed by atoms with van der Waals surface area (Å²) in [6.07, 6.45) is -4.59. The van der Waals surface area contributed by atoms with Gasteiger partial charge in [0.1, 0.15) is 6.04 Å². The number of aromatic nitrogens is 2. The standard InChI is InChI=1S/C33H38F3N3O4Si/c1-20-10-8-9-11-25(20)26-17-16-24(18-27(26)33(34,35)36)30-38-29(39-43-30)23-14-12-22(13-15-23)28(37-21(2)31(40)41)19-42-44(6,7)32(3,4)5/h8-18,21,28,37H,19H2,1-7H3,(H,40,41)/t21-,28?/m1/s1. The molecule has 1 heterocycles. The first kappa shape index (κ1) is 33.1. The molecular weight excluding hydrogens is 587 g/mol. The first-order valence-electron chi connectivity index (χ1n) is 14.3. The number of nitrogens with zero attached hydrogens (tertiary/aromatic N) is 2. The molecule has 1 unspecified atom stereocenters. The lowest BCUT2D eigenvalue weighted by atomic mass is 9.94. The number of hydrogen-bond acceptors (Lipinski definition) is 6. The lowest BCUT2D eigenvalue weighted by molar-refractivity contribution is -0.139. The van der Waals surface area contributed by atoms with E-state index in [1.165, 1.54) is 6.07 Å². The van der Waals surface area contributed by atoms with Crippen LogP contribution in [0.4, 0.5) is 13.2 Å². The zero-order chi connectivity index (χ0) is 32.4. The zero-order valence-corrected chi connectivity index (χ0v) is 26.9. The molecule has 1 aromatic heterocycles. The van der Waals surface area contributed by atoms with Crippen molar-refractivity contribution in [1.82, 2.24) is 15.5 Å². The number of aliphatic carboxylic acids is 1. The Kier molecular flexibility index (Phi) is 9.53. The van der Waals surface area contributed by atoms with Gasteiger partial charge in [-0.25, -0.2) is 0 Å². The van der Waals surface area contributed by atoms with Gasteiger partial charge in [0, 0.05) is 11.1 Å². The number of rotatable bonds is 10. The van der Waals surface area contributed by atoms with E-state index >= 15 is 0 Å². The summed E-state index contributed by atoms with van der Waals surface area (Å²) in [7, 11) is -2.10. The van der Waals surface area contributed by atoms with Crippen LogP contribution in [0.25, 0.3) is 34.0 Å². The van der Waals surface area contributed by atoms with Crippen molar-refractivity contribution in [1.29, 1.82) is 0 Å². The van der Waals surface area contributed by atoms with E-state index in [9.17, 15) is 23.1 Å². The number of carboxylic acids is 1. The van der Waals surface area contributed by atoms with Gasteiger partial charge < -0.3 is 14.1 Å². The van der Waals surface area contributed by atoms with Crippen molar-refractivity contribution in [3.63, 3.8) is 0 Å². The van der Waals surface area contributed by atoms with Crippen LogP contribution in [0.1, 0.15) is 50.4 Å². The summed E-state index contributed by atoms with van der Waals surface area (Å²) >= 11 is 0. The van der Waals surface area contributed by atoms with Gasteiger partial charge >= 0.3 is 12.1 Å². The van der Waals surface area contributed by atoms with Crippen LogP contribution in [0.2, 0.25) is 18.1 Å². The SMILES string of the molecule is Cc1ccccc1-c1ccc(-c2nc(-c3ccc(C(CO[Si](C)(C)C(C)(C)C)N[C@H](C)C(=O)O)cc3)no2)cc1C(F)(F)F. The Balaban J connectivity index is 1.60. The highest BCUT2D eigenvalue weighted by atomic mass is 28.4. The maximum Gasteiger partial charge on any atom is 0.417 e. The Labute approximate surface area is 256 Å². The van der Waals surface area contributed by atoms with Crippen LogP contribution in [0.15, 0.2) is 71.3 Å². The minimum Gasteiger partial charge on any atom is -0.480 e. The Morgan fingerprint density at radius 2 is 1.64 bits per heavy atom. The zero-order valence-electron chi connectivity index (χ0n) is 25.9. The fraction of sp³-hybridized carbons (Fsp3) is 0.364. The molecule has 0 aliphatic heterocycles. The van der Waals surface area contributed by atoms with Crippen LogP contribution in [-0.2, 0) is 15.4 Å². The molecule has 7 nitrogen and oxygen atoms in total. The van der Waals surface area contributed by atoms with E-state index in [1.807, 2.05) is 12.1 Å². The Morgan fingerprint density at radius 1 is 1.00 bits per heavy atom. The second kappa shape index (κ2) is 12.7. The summed E-state index contributed by atoms with van der Waals surface area (Å²) in [6, 6.07) is 16.9. The lowest BCUT2D eigenvalue weighted by Crippen LogP contribution is -2.45. The normalized spacial score (nSPS) is 14.0. The quantitative estimate of drug-likeness (QED) is 0.171. The van der Waals surface area contributed by atoms with E-state index in [1.54, 1.807) is 56.3 Å². The Bertz CT molecular complexity index is 1610. The monoisotopic (exact) mass is 625 g/mol. The third kappa shape index (κ3) is 7.46. The molecule has 234 valence electrons. The van der Waals surface area contributed by atoms with Crippen molar-refractivity contribution in [2.24, 2.45) is 0 Å². The van der Waals surface area contributed by atoms with Gasteiger partial charge in [0.25, 0.3) is 5.89 Å². The summed E-state index contributed by atoms with van der Waals surface area (Å²) in [5.41, 5.74) is 2.07. The third-order valence-corrected chi connectivity index (χ3v) is 12.7. The van der Waals surface area contributed by atoms with E-state index in [4.69, 9.17) is 8.95 Å². The van der Waals surface area contributed by atoms with Crippen LogP contribution in [0.5, 0.6) is 0 Å². The Hall–Kier alpha value is -3.80. The number of nitrogens with one attached hydrogen (secondary N) is 1. The number of alkyl halides is 3. The second-order valence-corrected chi connectivity index (χ2v) is 17.3. The molecule has 0 saturated carbocycles. The molecule has 44 heavy (non-hydrogen) atoms. The molecule has 0 aliphatic rings. The van der Waals surface area contributed by atoms with Gasteiger partial charge in [0.05, 0.1) is 18.2 Å². The van der Waals surface area contributed by atoms with E-state index in [0.29, 0.717) is 17.7 Å².